The summed E-state index contributed by atoms with van der Waals surface area (Å²) in [6, 6.07) is 0.693. The van der Waals surface area contributed by atoms with Gasteiger partial charge in [-0.15, -0.1) is 0 Å². The van der Waals surface area contributed by atoms with Crippen LogP contribution in [-0.2, 0) is 9.47 Å². The van der Waals surface area contributed by atoms with Crippen molar-refractivity contribution in [3.05, 3.63) is 0 Å². The summed E-state index contributed by atoms with van der Waals surface area (Å²) in [5.74, 6) is 4.36. The topological polar surface area (TPSA) is 30.5 Å². The van der Waals surface area contributed by atoms with Crippen molar-refractivity contribution in [2.45, 2.75) is 43.7 Å². The third-order valence-electron chi connectivity index (χ3n) is 5.25. The molecule has 3 atom stereocenters. The van der Waals surface area contributed by atoms with Gasteiger partial charge in [0.2, 0.25) is 0 Å². The maximum atomic E-state index is 6.18. The lowest BCUT2D eigenvalue weighted by Gasteiger charge is -2.46. The predicted molar refractivity (Wildman–Crippen MR) is 79.7 cm³/mol. The summed E-state index contributed by atoms with van der Waals surface area (Å²) in [5, 5.41) is 3.64. The Morgan fingerprint density at radius 1 is 1.16 bits per heavy atom. The Morgan fingerprint density at radius 3 is 2.68 bits per heavy atom. The molecule has 0 radical (unpaired) electrons. The van der Waals surface area contributed by atoms with Gasteiger partial charge in [0.05, 0.1) is 5.60 Å². The van der Waals surface area contributed by atoms with Crippen molar-refractivity contribution in [2.24, 2.45) is 11.8 Å². The largest absolute Gasteiger partial charge is 0.381 e. The zero-order valence-corrected chi connectivity index (χ0v) is 12.8. The van der Waals surface area contributed by atoms with E-state index in [0.29, 0.717) is 6.04 Å². The second kappa shape index (κ2) is 6.33. The molecule has 3 nitrogen and oxygen atoms in total. The lowest BCUT2D eigenvalue weighted by Crippen LogP contribution is -2.50. The molecule has 0 aliphatic carbocycles. The van der Waals surface area contributed by atoms with Gasteiger partial charge in [0.15, 0.2) is 0 Å². The number of rotatable bonds is 3. The van der Waals surface area contributed by atoms with Gasteiger partial charge in [0, 0.05) is 25.9 Å². The van der Waals surface area contributed by atoms with Crippen LogP contribution >= 0.6 is 11.8 Å². The molecule has 0 amide bonds. The van der Waals surface area contributed by atoms with Gasteiger partial charge in [0.1, 0.15) is 0 Å². The zero-order chi connectivity index (χ0) is 13.1. The highest BCUT2D eigenvalue weighted by atomic mass is 32.2. The maximum absolute atomic E-state index is 6.18. The van der Waals surface area contributed by atoms with Gasteiger partial charge < -0.3 is 14.8 Å². The summed E-state index contributed by atoms with van der Waals surface area (Å²) in [7, 11) is 2.15. The smallest absolute Gasteiger partial charge is 0.0729 e. The first kappa shape index (κ1) is 14.2. The molecule has 0 aromatic rings. The van der Waals surface area contributed by atoms with Gasteiger partial charge in [-0.1, -0.05) is 0 Å². The van der Waals surface area contributed by atoms with Crippen LogP contribution in [0.4, 0.5) is 0 Å². The van der Waals surface area contributed by atoms with E-state index < -0.39 is 0 Å². The first-order chi connectivity index (χ1) is 9.33. The minimum atomic E-state index is 0.141. The lowest BCUT2D eigenvalue weighted by atomic mass is 9.74. The number of ether oxygens (including phenoxy) is 2. The molecule has 4 heteroatoms. The maximum Gasteiger partial charge on any atom is 0.0729 e. The second-order valence-corrected chi connectivity index (χ2v) is 7.48. The van der Waals surface area contributed by atoms with Crippen molar-refractivity contribution >= 4 is 11.8 Å². The Bertz CT molecular complexity index is 282. The predicted octanol–water partition coefficient (Wildman–Crippen LogP) is 2.30. The van der Waals surface area contributed by atoms with E-state index in [1.807, 2.05) is 0 Å². The quantitative estimate of drug-likeness (QED) is 0.862. The van der Waals surface area contributed by atoms with E-state index in [1.54, 1.807) is 0 Å². The summed E-state index contributed by atoms with van der Waals surface area (Å²) in [6.45, 7) is 2.72. The van der Waals surface area contributed by atoms with Crippen LogP contribution < -0.4 is 5.32 Å². The molecule has 3 rings (SSSR count). The Kier molecular flexibility index (Phi) is 4.73. The van der Waals surface area contributed by atoms with Gasteiger partial charge in [-0.2, -0.15) is 11.8 Å². The van der Waals surface area contributed by atoms with Gasteiger partial charge in [0.25, 0.3) is 0 Å². The molecule has 1 spiro atoms. The van der Waals surface area contributed by atoms with Crippen molar-refractivity contribution in [3.63, 3.8) is 0 Å². The van der Waals surface area contributed by atoms with Crippen LogP contribution in [0.15, 0.2) is 0 Å². The Balaban J connectivity index is 1.65. The molecule has 19 heavy (non-hydrogen) atoms. The van der Waals surface area contributed by atoms with Crippen LogP contribution in [0.5, 0.6) is 0 Å². The zero-order valence-electron chi connectivity index (χ0n) is 12.0. The molecular formula is C15H27NO2S. The first-order valence-electron chi connectivity index (χ1n) is 7.80. The SMILES string of the molecule is CNC(C1CCSC1)C1CCOC2(CCOCC2)C1. The van der Waals surface area contributed by atoms with Crippen LogP contribution in [0.1, 0.15) is 32.1 Å². The molecule has 3 fully saturated rings. The minimum absolute atomic E-state index is 0.141. The monoisotopic (exact) mass is 285 g/mol. The molecule has 3 aliphatic rings. The summed E-state index contributed by atoms with van der Waals surface area (Å²) in [4.78, 5) is 0. The standard InChI is InChI=1S/C15H27NO2S/c1-16-14(13-3-9-19-11-13)12-2-6-18-15(10-12)4-7-17-8-5-15/h12-14,16H,2-11H2,1H3. The first-order valence-corrected chi connectivity index (χ1v) is 8.95. The third-order valence-corrected chi connectivity index (χ3v) is 6.44. The molecular weight excluding hydrogens is 258 g/mol. The number of thioether (sulfide) groups is 1. The van der Waals surface area contributed by atoms with Crippen LogP contribution in [0.25, 0.3) is 0 Å². The van der Waals surface area contributed by atoms with Gasteiger partial charge in [-0.05, 0) is 62.5 Å². The van der Waals surface area contributed by atoms with Crippen LogP contribution in [-0.4, -0.2) is 50.0 Å². The highest BCUT2D eigenvalue weighted by Gasteiger charge is 2.42. The van der Waals surface area contributed by atoms with E-state index in [-0.39, 0.29) is 5.60 Å². The highest BCUT2D eigenvalue weighted by Crippen LogP contribution is 2.41. The van der Waals surface area contributed by atoms with E-state index in [1.165, 1.54) is 30.8 Å². The average Bonchev–Trinajstić information content (AvgIpc) is 2.95. The van der Waals surface area contributed by atoms with Crippen molar-refractivity contribution in [1.29, 1.82) is 0 Å². The van der Waals surface area contributed by atoms with E-state index in [9.17, 15) is 0 Å². The summed E-state index contributed by atoms with van der Waals surface area (Å²) in [5.41, 5.74) is 0.141. The average molecular weight is 285 g/mol. The molecule has 0 saturated carbocycles. The van der Waals surface area contributed by atoms with Gasteiger partial charge >= 0.3 is 0 Å². The summed E-state index contributed by atoms with van der Waals surface area (Å²) in [6.07, 6.45) is 6.06. The lowest BCUT2D eigenvalue weighted by molar-refractivity contribution is -0.151. The Hall–Kier alpha value is 0.230. The van der Waals surface area contributed by atoms with E-state index in [4.69, 9.17) is 9.47 Å². The second-order valence-electron chi connectivity index (χ2n) is 6.33. The normalized spacial score (nSPS) is 36.5. The van der Waals surface area contributed by atoms with Crippen molar-refractivity contribution in [1.82, 2.24) is 5.32 Å². The number of hydrogen-bond acceptors (Lipinski definition) is 4. The molecule has 1 N–H and O–H groups in total. The van der Waals surface area contributed by atoms with Gasteiger partial charge in [-0.25, -0.2) is 0 Å². The molecule has 0 aromatic heterocycles. The van der Waals surface area contributed by atoms with E-state index >= 15 is 0 Å². The third kappa shape index (κ3) is 3.12. The van der Waals surface area contributed by atoms with Gasteiger partial charge in [-0.3, -0.25) is 0 Å². The fourth-order valence-corrected chi connectivity index (χ4v) is 5.47. The molecule has 0 aromatic carbocycles. The Labute approximate surface area is 121 Å². The summed E-state index contributed by atoms with van der Waals surface area (Å²) >= 11 is 2.13. The van der Waals surface area contributed by atoms with Crippen LogP contribution in [0, 0.1) is 11.8 Å². The molecule has 3 aliphatic heterocycles. The number of hydrogen-bond donors (Lipinski definition) is 1. The Morgan fingerprint density at radius 2 is 2.00 bits per heavy atom. The summed E-state index contributed by atoms with van der Waals surface area (Å²) < 4.78 is 11.7. The fraction of sp³-hybridized carbons (Fsp3) is 1.00. The van der Waals surface area contributed by atoms with Crippen molar-refractivity contribution < 1.29 is 9.47 Å². The highest BCUT2D eigenvalue weighted by molar-refractivity contribution is 7.99. The molecule has 3 heterocycles. The minimum Gasteiger partial charge on any atom is -0.381 e. The fourth-order valence-electron chi connectivity index (χ4n) is 4.16. The van der Waals surface area contributed by atoms with E-state index in [2.05, 4.69) is 24.1 Å². The van der Waals surface area contributed by atoms with Crippen molar-refractivity contribution in [3.8, 4) is 0 Å². The van der Waals surface area contributed by atoms with Crippen LogP contribution in [0.2, 0.25) is 0 Å². The molecule has 0 bridgehead atoms. The molecule has 3 unspecified atom stereocenters. The molecule has 110 valence electrons. The van der Waals surface area contributed by atoms with Crippen molar-refractivity contribution in [2.75, 3.05) is 38.4 Å². The van der Waals surface area contributed by atoms with Crippen LogP contribution in [0.3, 0.4) is 0 Å². The number of nitrogens with one attached hydrogen (secondary N) is 1. The van der Waals surface area contributed by atoms with E-state index in [0.717, 1.165) is 44.5 Å². The molecule has 3 saturated heterocycles.